The lowest BCUT2D eigenvalue weighted by atomic mass is 10.2. The van der Waals surface area contributed by atoms with Gasteiger partial charge in [-0.1, -0.05) is 30.0 Å². The number of nitrogens with one attached hydrogen (secondary N) is 1. The second kappa shape index (κ2) is 9.86. The summed E-state index contributed by atoms with van der Waals surface area (Å²) in [7, 11) is 0. The quantitative estimate of drug-likeness (QED) is 0.423. The van der Waals surface area contributed by atoms with Crippen LogP contribution >= 0.6 is 11.8 Å². The summed E-state index contributed by atoms with van der Waals surface area (Å²) in [4.78, 5) is 20.9. The van der Waals surface area contributed by atoms with Gasteiger partial charge >= 0.3 is 0 Å². The Hall–Kier alpha value is -3.72. The van der Waals surface area contributed by atoms with Gasteiger partial charge in [-0.2, -0.15) is 0 Å². The highest BCUT2D eigenvalue weighted by atomic mass is 32.2. The summed E-state index contributed by atoms with van der Waals surface area (Å²) >= 11 is 1.30. The van der Waals surface area contributed by atoms with Crippen LogP contribution in [-0.2, 0) is 4.79 Å². The zero-order valence-corrected chi connectivity index (χ0v) is 17.6. The molecule has 0 fully saturated rings. The Balaban J connectivity index is 1.55. The molecule has 0 radical (unpaired) electrons. The third kappa shape index (κ3) is 4.89. The number of carbonyl (C=O) groups is 1. The van der Waals surface area contributed by atoms with Crippen molar-refractivity contribution in [1.29, 1.82) is 0 Å². The molecule has 8 nitrogen and oxygen atoms in total. The number of aromatic nitrogens is 5. The number of rotatable bonds is 8. The molecule has 0 saturated heterocycles. The maximum absolute atomic E-state index is 12.6. The molecule has 0 aliphatic heterocycles. The number of nitrogens with zero attached hydrogens (tertiary/aromatic N) is 5. The Kier molecular flexibility index (Phi) is 6.53. The van der Waals surface area contributed by atoms with Crippen LogP contribution in [0.3, 0.4) is 0 Å². The topological polar surface area (TPSA) is 94.8 Å². The standard InChI is InChI=1S/C22H20N6O2S/c1-2-30-21-18(11-7-13-24-21)25-19(29)15-31-22-27-26-20(16-8-6-12-23-14-16)28(22)17-9-4-3-5-10-17/h3-14H,2,15H2,1H3,(H,25,29). The average Bonchev–Trinajstić information content (AvgIpc) is 3.24. The first-order valence-corrected chi connectivity index (χ1v) is 10.7. The summed E-state index contributed by atoms with van der Waals surface area (Å²) < 4.78 is 7.39. The molecule has 0 atom stereocenters. The number of carbonyl (C=O) groups excluding carboxylic acids is 1. The fourth-order valence-corrected chi connectivity index (χ4v) is 3.66. The maximum Gasteiger partial charge on any atom is 0.237 e. The number of benzene rings is 1. The van der Waals surface area contributed by atoms with Crippen LogP contribution in [0, 0.1) is 0 Å². The SMILES string of the molecule is CCOc1ncccc1NC(=O)CSc1nnc(-c2cccnc2)n1-c1ccccc1. The molecule has 0 bridgehead atoms. The number of para-hydroxylation sites is 1. The Bertz CT molecular complexity index is 1150. The zero-order chi connectivity index (χ0) is 21.5. The average molecular weight is 433 g/mol. The number of hydrogen-bond acceptors (Lipinski definition) is 7. The fraction of sp³-hybridized carbons (Fsp3) is 0.136. The van der Waals surface area contributed by atoms with Crippen molar-refractivity contribution in [1.82, 2.24) is 24.7 Å². The van der Waals surface area contributed by atoms with Gasteiger partial charge in [0, 0.05) is 29.8 Å². The number of amides is 1. The highest BCUT2D eigenvalue weighted by Crippen LogP contribution is 2.28. The molecule has 1 aromatic carbocycles. The van der Waals surface area contributed by atoms with Gasteiger partial charge < -0.3 is 10.1 Å². The van der Waals surface area contributed by atoms with Gasteiger partial charge in [0.2, 0.25) is 11.8 Å². The van der Waals surface area contributed by atoms with E-state index >= 15 is 0 Å². The van der Waals surface area contributed by atoms with Crippen LogP contribution in [0.25, 0.3) is 17.1 Å². The van der Waals surface area contributed by atoms with E-state index in [1.54, 1.807) is 30.7 Å². The first kappa shape index (κ1) is 20.5. The number of pyridine rings is 2. The molecule has 31 heavy (non-hydrogen) atoms. The van der Waals surface area contributed by atoms with Crippen LogP contribution in [0.2, 0.25) is 0 Å². The lowest BCUT2D eigenvalue weighted by Gasteiger charge is -2.11. The van der Waals surface area contributed by atoms with Crippen molar-refractivity contribution in [3.63, 3.8) is 0 Å². The molecule has 4 aromatic rings. The van der Waals surface area contributed by atoms with Crippen molar-refractivity contribution in [3.8, 4) is 23.0 Å². The van der Waals surface area contributed by atoms with E-state index in [4.69, 9.17) is 4.74 Å². The van der Waals surface area contributed by atoms with Crippen molar-refractivity contribution in [2.75, 3.05) is 17.7 Å². The predicted octanol–water partition coefficient (Wildman–Crippen LogP) is 3.85. The molecular formula is C22H20N6O2S. The van der Waals surface area contributed by atoms with Gasteiger partial charge in [0.05, 0.1) is 12.4 Å². The van der Waals surface area contributed by atoms with Gasteiger partial charge in [-0.05, 0) is 43.3 Å². The third-order valence-electron chi connectivity index (χ3n) is 4.23. The van der Waals surface area contributed by atoms with Crippen LogP contribution in [0.4, 0.5) is 5.69 Å². The summed E-state index contributed by atoms with van der Waals surface area (Å²) in [5, 5.41) is 12.1. The largest absolute Gasteiger partial charge is 0.476 e. The third-order valence-corrected chi connectivity index (χ3v) is 5.16. The van der Waals surface area contributed by atoms with E-state index in [-0.39, 0.29) is 11.7 Å². The van der Waals surface area contributed by atoms with Crippen LogP contribution in [0.15, 0.2) is 78.3 Å². The van der Waals surface area contributed by atoms with E-state index < -0.39 is 0 Å². The van der Waals surface area contributed by atoms with Crippen molar-refractivity contribution < 1.29 is 9.53 Å². The second-order valence-electron chi connectivity index (χ2n) is 6.34. The summed E-state index contributed by atoms with van der Waals surface area (Å²) in [6.45, 7) is 2.33. The van der Waals surface area contributed by atoms with Crippen LogP contribution in [0.1, 0.15) is 6.92 Å². The molecule has 0 saturated carbocycles. The van der Waals surface area contributed by atoms with Gasteiger partial charge in [-0.25, -0.2) is 4.98 Å². The van der Waals surface area contributed by atoms with E-state index in [9.17, 15) is 4.79 Å². The summed E-state index contributed by atoms with van der Waals surface area (Å²) in [5.41, 5.74) is 2.28. The molecule has 1 N–H and O–H groups in total. The second-order valence-corrected chi connectivity index (χ2v) is 7.29. The van der Waals surface area contributed by atoms with Crippen LogP contribution in [0.5, 0.6) is 5.88 Å². The van der Waals surface area contributed by atoms with E-state index in [1.165, 1.54) is 11.8 Å². The molecular weight excluding hydrogens is 412 g/mol. The van der Waals surface area contributed by atoms with Crippen molar-refractivity contribution in [3.05, 3.63) is 73.2 Å². The molecule has 156 valence electrons. The minimum Gasteiger partial charge on any atom is -0.476 e. The van der Waals surface area contributed by atoms with Gasteiger partial charge in [0.15, 0.2) is 11.0 Å². The molecule has 0 spiro atoms. The van der Waals surface area contributed by atoms with E-state index in [1.807, 2.05) is 54.0 Å². The van der Waals surface area contributed by atoms with Crippen molar-refractivity contribution >= 4 is 23.4 Å². The molecule has 3 aromatic heterocycles. The monoisotopic (exact) mass is 432 g/mol. The maximum atomic E-state index is 12.6. The number of thioether (sulfide) groups is 1. The molecule has 4 rings (SSSR count). The molecule has 0 unspecified atom stereocenters. The van der Waals surface area contributed by atoms with E-state index in [2.05, 4.69) is 25.5 Å². The van der Waals surface area contributed by atoms with Crippen molar-refractivity contribution in [2.24, 2.45) is 0 Å². The van der Waals surface area contributed by atoms with Gasteiger partial charge in [-0.15, -0.1) is 10.2 Å². The smallest absolute Gasteiger partial charge is 0.237 e. The first-order valence-electron chi connectivity index (χ1n) is 9.68. The molecule has 3 heterocycles. The Morgan fingerprint density at radius 3 is 2.68 bits per heavy atom. The Morgan fingerprint density at radius 2 is 1.90 bits per heavy atom. The molecule has 0 aliphatic rings. The summed E-state index contributed by atoms with van der Waals surface area (Å²) in [6, 6.07) is 17.1. The molecule has 1 amide bonds. The molecule has 0 aliphatic carbocycles. The summed E-state index contributed by atoms with van der Waals surface area (Å²) in [6.07, 6.45) is 5.07. The highest BCUT2D eigenvalue weighted by Gasteiger charge is 2.18. The number of ether oxygens (including phenoxy) is 1. The fourth-order valence-electron chi connectivity index (χ4n) is 2.91. The van der Waals surface area contributed by atoms with Gasteiger partial charge in [0.25, 0.3) is 0 Å². The predicted molar refractivity (Wildman–Crippen MR) is 119 cm³/mol. The number of hydrogen-bond donors (Lipinski definition) is 1. The van der Waals surface area contributed by atoms with E-state index in [0.29, 0.717) is 29.2 Å². The zero-order valence-electron chi connectivity index (χ0n) is 16.8. The highest BCUT2D eigenvalue weighted by molar-refractivity contribution is 7.99. The van der Waals surface area contributed by atoms with Gasteiger partial charge in [-0.3, -0.25) is 14.3 Å². The first-order chi connectivity index (χ1) is 15.3. The normalized spacial score (nSPS) is 10.6. The lowest BCUT2D eigenvalue weighted by Crippen LogP contribution is -2.16. The minimum atomic E-state index is -0.190. The van der Waals surface area contributed by atoms with Crippen LogP contribution in [-0.4, -0.2) is 43.0 Å². The molecule has 9 heteroatoms. The Morgan fingerprint density at radius 1 is 1.06 bits per heavy atom. The minimum absolute atomic E-state index is 0.151. The lowest BCUT2D eigenvalue weighted by molar-refractivity contribution is -0.113. The van der Waals surface area contributed by atoms with E-state index in [0.717, 1.165) is 11.3 Å². The number of anilines is 1. The van der Waals surface area contributed by atoms with Crippen LogP contribution < -0.4 is 10.1 Å². The van der Waals surface area contributed by atoms with Gasteiger partial charge in [0.1, 0.15) is 5.69 Å². The Labute approximate surface area is 183 Å². The van der Waals surface area contributed by atoms with Crippen molar-refractivity contribution in [2.45, 2.75) is 12.1 Å². The summed E-state index contributed by atoms with van der Waals surface area (Å²) in [5.74, 6) is 1.02.